The van der Waals surface area contributed by atoms with Gasteiger partial charge in [0.15, 0.2) is 0 Å². The van der Waals surface area contributed by atoms with Gasteiger partial charge in [0.25, 0.3) is 5.91 Å². The van der Waals surface area contributed by atoms with Gasteiger partial charge in [-0.3, -0.25) is 14.8 Å². The van der Waals surface area contributed by atoms with Gasteiger partial charge in [0.2, 0.25) is 0 Å². The Morgan fingerprint density at radius 2 is 1.96 bits per heavy atom. The van der Waals surface area contributed by atoms with Gasteiger partial charge in [-0.25, -0.2) is 4.98 Å². The predicted octanol–water partition coefficient (Wildman–Crippen LogP) is 2.41. The number of rotatable bonds is 3. The fraction of sp³-hybridized carbons (Fsp3) is 0.500. The number of thiazole rings is 1. The summed E-state index contributed by atoms with van der Waals surface area (Å²) in [6.45, 7) is 7.23. The smallest absolute Gasteiger partial charge is 0.265 e. The number of amides is 1. The third-order valence-electron chi connectivity index (χ3n) is 3.73. The fourth-order valence-electron chi connectivity index (χ4n) is 2.79. The molecule has 0 radical (unpaired) electrons. The summed E-state index contributed by atoms with van der Waals surface area (Å²) in [7, 11) is 0. The molecule has 122 valence electrons. The Bertz CT molecular complexity index is 693. The van der Waals surface area contributed by atoms with E-state index in [1.165, 1.54) is 11.3 Å². The molecule has 3 heterocycles. The SMILES string of the molecule is CCc1nccnc1-c1ncc(C(=O)N2C[C@@H](C)O[C@@H](C)C2)s1. The first kappa shape index (κ1) is 16.0. The second-order valence-electron chi connectivity index (χ2n) is 5.70. The van der Waals surface area contributed by atoms with Crippen LogP contribution in [0.25, 0.3) is 10.7 Å². The van der Waals surface area contributed by atoms with E-state index >= 15 is 0 Å². The lowest BCUT2D eigenvalue weighted by Crippen LogP contribution is -2.48. The third kappa shape index (κ3) is 3.40. The van der Waals surface area contributed by atoms with E-state index in [-0.39, 0.29) is 18.1 Å². The van der Waals surface area contributed by atoms with Gasteiger partial charge in [-0.05, 0) is 20.3 Å². The van der Waals surface area contributed by atoms with Crippen LogP contribution in [0.3, 0.4) is 0 Å². The van der Waals surface area contributed by atoms with Gasteiger partial charge in [-0.1, -0.05) is 6.92 Å². The van der Waals surface area contributed by atoms with E-state index in [1.807, 2.05) is 25.7 Å². The molecule has 1 fully saturated rings. The molecule has 0 bridgehead atoms. The van der Waals surface area contributed by atoms with Crippen molar-refractivity contribution in [2.45, 2.75) is 39.4 Å². The van der Waals surface area contributed by atoms with Crippen LogP contribution in [0.2, 0.25) is 0 Å². The standard InChI is InChI=1S/C16H20N4O2S/c1-4-12-14(18-6-5-17-12)15-19-7-13(23-15)16(21)20-8-10(2)22-11(3)9-20/h5-7,10-11H,4,8-9H2,1-3H3/t10-,11+. The first-order valence-corrected chi connectivity index (χ1v) is 8.61. The number of carbonyl (C=O) groups excluding carboxylic acids is 1. The van der Waals surface area contributed by atoms with Crippen molar-refractivity contribution in [2.24, 2.45) is 0 Å². The molecular weight excluding hydrogens is 312 g/mol. The first-order valence-electron chi connectivity index (χ1n) is 7.79. The molecule has 1 aliphatic heterocycles. The molecule has 23 heavy (non-hydrogen) atoms. The van der Waals surface area contributed by atoms with Crippen molar-refractivity contribution < 1.29 is 9.53 Å². The molecule has 0 aromatic carbocycles. The second kappa shape index (κ2) is 6.72. The van der Waals surface area contributed by atoms with Crippen LogP contribution in [0.1, 0.15) is 36.1 Å². The number of morpholine rings is 1. The van der Waals surface area contributed by atoms with Gasteiger partial charge < -0.3 is 9.64 Å². The molecule has 0 spiro atoms. The van der Waals surface area contributed by atoms with E-state index in [0.29, 0.717) is 18.0 Å². The summed E-state index contributed by atoms with van der Waals surface area (Å²) >= 11 is 1.37. The molecule has 0 aliphatic carbocycles. The number of aromatic nitrogens is 3. The van der Waals surface area contributed by atoms with Gasteiger partial charge in [0.1, 0.15) is 15.6 Å². The van der Waals surface area contributed by atoms with E-state index in [9.17, 15) is 4.79 Å². The number of nitrogens with zero attached hydrogens (tertiary/aromatic N) is 4. The molecule has 0 N–H and O–H groups in total. The zero-order chi connectivity index (χ0) is 16.4. The van der Waals surface area contributed by atoms with Crippen molar-refractivity contribution in [3.8, 4) is 10.7 Å². The Hall–Kier alpha value is -1.86. The lowest BCUT2D eigenvalue weighted by molar-refractivity contribution is -0.0585. The minimum Gasteiger partial charge on any atom is -0.372 e. The number of hydrogen-bond donors (Lipinski definition) is 0. The van der Waals surface area contributed by atoms with Gasteiger partial charge in [0, 0.05) is 25.5 Å². The Morgan fingerprint density at radius 3 is 2.65 bits per heavy atom. The molecule has 3 rings (SSSR count). The summed E-state index contributed by atoms with van der Waals surface area (Å²) < 4.78 is 5.68. The summed E-state index contributed by atoms with van der Waals surface area (Å²) in [6, 6.07) is 0. The molecule has 1 saturated heterocycles. The number of ether oxygens (including phenoxy) is 1. The van der Waals surface area contributed by atoms with Crippen molar-refractivity contribution in [1.29, 1.82) is 0 Å². The Balaban J connectivity index is 1.83. The summed E-state index contributed by atoms with van der Waals surface area (Å²) in [4.78, 5) is 28.3. The minimum atomic E-state index is 0.0117. The van der Waals surface area contributed by atoms with Crippen LogP contribution in [0.4, 0.5) is 0 Å². The molecule has 1 aliphatic rings. The number of aryl methyl sites for hydroxylation is 1. The highest BCUT2D eigenvalue weighted by Crippen LogP contribution is 2.27. The maximum atomic E-state index is 12.7. The molecule has 6 nitrogen and oxygen atoms in total. The van der Waals surface area contributed by atoms with E-state index in [2.05, 4.69) is 15.0 Å². The summed E-state index contributed by atoms with van der Waals surface area (Å²) in [5, 5.41) is 0.743. The molecule has 0 saturated carbocycles. The van der Waals surface area contributed by atoms with Crippen LogP contribution in [0.15, 0.2) is 18.6 Å². The lowest BCUT2D eigenvalue weighted by Gasteiger charge is -2.35. The topological polar surface area (TPSA) is 68.2 Å². The average Bonchev–Trinajstić information content (AvgIpc) is 3.03. The quantitative estimate of drug-likeness (QED) is 0.863. The minimum absolute atomic E-state index is 0.0117. The van der Waals surface area contributed by atoms with Crippen LogP contribution in [-0.4, -0.2) is 51.1 Å². The molecule has 0 unspecified atom stereocenters. The average molecular weight is 332 g/mol. The highest BCUT2D eigenvalue weighted by atomic mass is 32.1. The predicted molar refractivity (Wildman–Crippen MR) is 88.4 cm³/mol. The van der Waals surface area contributed by atoms with Gasteiger partial charge in [-0.2, -0.15) is 0 Å². The van der Waals surface area contributed by atoms with Crippen molar-refractivity contribution in [3.05, 3.63) is 29.2 Å². The normalized spacial score (nSPS) is 21.4. The lowest BCUT2D eigenvalue weighted by atomic mass is 10.2. The summed E-state index contributed by atoms with van der Waals surface area (Å²) in [6.07, 6.45) is 5.87. The molecule has 2 atom stereocenters. The van der Waals surface area contributed by atoms with Crippen LogP contribution in [0, 0.1) is 0 Å². The van der Waals surface area contributed by atoms with E-state index in [4.69, 9.17) is 4.74 Å². The number of hydrogen-bond acceptors (Lipinski definition) is 6. The zero-order valence-electron chi connectivity index (χ0n) is 13.5. The first-order chi connectivity index (χ1) is 11.1. The molecule has 2 aromatic rings. The van der Waals surface area contributed by atoms with Gasteiger partial charge in [0.05, 0.1) is 24.1 Å². The van der Waals surface area contributed by atoms with E-state index in [1.54, 1.807) is 18.6 Å². The highest BCUT2D eigenvalue weighted by molar-refractivity contribution is 7.16. The van der Waals surface area contributed by atoms with Crippen LogP contribution in [-0.2, 0) is 11.2 Å². The Kier molecular flexibility index (Phi) is 4.68. The third-order valence-corrected chi connectivity index (χ3v) is 4.73. The van der Waals surface area contributed by atoms with Crippen molar-refractivity contribution in [1.82, 2.24) is 19.9 Å². The molecule has 1 amide bonds. The fourth-order valence-corrected chi connectivity index (χ4v) is 3.69. The monoisotopic (exact) mass is 332 g/mol. The van der Waals surface area contributed by atoms with E-state index in [0.717, 1.165) is 22.8 Å². The molecule has 2 aromatic heterocycles. The summed E-state index contributed by atoms with van der Waals surface area (Å²) in [5.74, 6) is 0.0117. The van der Waals surface area contributed by atoms with Crippen molar-refractivity contribution in [3.63, 3.8) is 0 Å². The second-order valence-corrected chi connectivity index (χ2v) is 6.73. The summed E-state index contributed by atoms with van der Waals surface area (Å²) in [5.41, 5.74) is 1.66. The zero-order valence-corrected chi connectivity index (χ0v) is 14.3. The maximum Gasteiger partial charge on any atom is 0.265 e. The maximum absolute atomic E-state index is 12.7. The number of carbonyl (C=O) groups is 1. The Morgan fingerprint density at radius 1 is 1.26 bits per heavy atom. The largest absolute Gasteiger partial charge is 0.372 e. The van der Waals surface area contributed by atoms with Gasteiger partial charge >= 0.3 is 0 Å². The van der Waals surface area contributed by atoms with Crippen molar-refractivity contribution >= 4 is 17.2 Å². The van der Waals surface area contributed by atoms with Crippen LogP contribution < -0.4 is 0 Å². The van der Waals surface area contributed by atoms with Crippen molar-refractivity contribution in [2.75, 3.05) is 13.1 Å². The van der Waals surface area contributed by atoms with Gasteiger partial charge in [-0.15, -0.1) is 11.3 Å². The highest BCUT2D eigenvalue weighted by Gasteiger charge is 2.28. The Labute approximate surface area is 139 Å². The molecule has 7 heteroatoms. The van der Waals surface area contributed by atoms with Crippen LogP contribution in [0.5, 0.6) is 0 Å². The van der Waals surface area contributed by atoms with Crippen LogP contribution >= 0.6 is 11.3 Å². The van der Waals surface area contributed by atoms with E-state index < -0.39 is 0 Å². The molecular formula is C16H20N4O2S.